The van der Waals surface area contributed by atoms with Crippen LogP contribution in [0.3, 0.4) is 0 Å². The molecule has 4 nitrogen and oxygen atoms in total. The summed E-state index contributed by atoms with van der Waals surface area (Å²) >= 11 is 5.91. The molecule has 0 radical (unpaired) electrons. The second-order valence-electron chi connectivity index (χ2n) is 6.54. The van der Waals surface area contributed by atoms with E-state index in [1.54, 1.807) is 12.5 Å². The first-order valence-corrected chi connectivity index (χ1v) is 10.1. The summed E-state index contributed by atoms with van der Waals surface area (Å²) in [6, 6.07) is 1.83. The Kier molecular flexibility index (Phi) is 4.23. The number of halogens is 1. The van der Waals surface area contributed by atoms with Crippen molar-refractivity contribution in [2.24, 2.45) is 0 Å². The molecule has 6 heteroatoms. The normalized spacial score (nSPS) is 13.1. The van der Waals surface area contributed by atoms with Crippen molar-refractivity contribution in [2.75, 3.05) is 6.61 Å². The van der Waals surface area contributed by atoms with E-state index >= 15 is 0 Å². The second kappa shape index (κ2) is 5.46. The predicted octanol–water partition coefficient (Wildman–Crippen LogP) is 4.11. The van der Waals surface area contributed by atoms with Gasteiger partial charge in [0.05, 0.1) is 18.0 Å². The van der Waals surface area contributed by atoms with Crippen LogP contribution in [-0.2, 0) is 11.0 Å². The Morgan fingerprint density at radius 1 is 1.30 bits per heavy atom. The van der Waals surface area contributed by atoms with Crippen molar-refractivity contribution in [2.45, 2.75) is 45.4 Å². The fourth-order valence-electron chi connectivity index (χ4n) is 1.70. The lowest BCUT2D eigenvalue weighted by Gasteiger charge is -2.36. The van der Waals surface area contributed by atoms with E-state index < -0.39 is 8.32 Å². The van der Waals surface area contributed by atoms with Crippen LogP contribution >= 0.6 is 11.6 Å². The van der Waals surface area contributed by atoms with E-state index in [4.69, 9.17) is 16.0 Å². The molecule has 0 aliphatic rings. The smallest absolute Gasteiger partial charge is 0.192 e. The van der Waals surface area contributed by atoms with Crippen molar-refractivity contribution in [1.82, 2.24) is 14.5 Å². The van der Waals surface area contributed by atoms with Crippen molar-refractivity contribution >= 4 is 31.1 Å². The van der Waals surface area contributed by atoms with Crippen molar-refractivity contribution < 1.29 is 4.43 Å². The van der Waals surface area contributed by atoms with Crippen LogP contribution in [0.5, 0.6) is 0 Å². The van der Waals surface area contributed by atoms with Crippen molar-refractivity contribution in [1.29, 1.82) is 0 Å². The van der Waals surface area contributed by atoms with Gasteiger partial charge in [-0.05, 0) is 24.2 Å². The summed E-state index contributed by atoms with van der Waals surface area (Å²) in [5.74, 6) is 0. The van der Waals surface area contributed by atoms with Gasteiger partial charge in [-0.2, -0.15) is 0 Å². The number of hydrogen-bond acceptors (Lipinski definition) is 3. The van der Waals surface area contributed by atoms with Gasteiger partial charge in [0.2, 0.25) is 0 Å². The second-order valence-corrected chi connectivity index (χ2v) is 11.8. The highest BCUT2D eigenvalue weighted by molar-refractivity contribution is 6.74. The fourth-order valence-corrected chi connectivity index (χ4v) is 2.89. The van der Waals surface area contributed by atoms with Gasteiger partial charge in [-0.3, -0.25) is 0 Å². The maximum Gasteiger partial charge on any atom is 0.192 e. The number of hydrogen-bond donors (Lipinski definition) is 0. The first-order valence-electron chi connectivity index (χ1n) is 6.81. The number of rotatable bonds is 4. The Labute approximate surface area is 126 Å². The van der Waals surface area contributed by atoms with Crippen molar-refractivity contribution in [3.8, 4) is 0 Å². The third-order valence-corrected chi connectivity index (χ3v) is 8.77. The van der Waals surface area contributed by atoms with Crippen LogP contribution < -0.4 is 0 Å². The van der Waals surface area contributed by atoms with E-state index in [2.05, 4.69) is 43.8 Å². The van der Waals surface area contributed by atoms with Gasteiger partial charge in [0.15, 0.2) is 14.0 Å². The highest BCUT2D eigenvalue weighted by Crippen LogP contribution is 2.36. The molecule has 0 atom stereocenters. The molecule has 0 fully saturated rings. The topological polar surface area (TPSA) is 39.9 Å². The number of aromatic nitrogens is 3. The Morgan fingerprint density at radius 3 is 2.65 bits per heavy atom. The molecular weight excluding hydrogens is 290 g/mol. The maximum absolute atomic E-state index is 6.18. The molecule has 0 saturated carbocycles. The quantitative estimate of drug-likeness (QED) is 0.798. The van der Waals surface area contributed by atoms with Crippen molar-refractivity contribution in [3.05, 3.63) is 23.6 Å². The van der Waals surface area contributed by atoms with E-state index in [0.717, 1.165) is 17.7 Å². The molecule has 2 aromatic rings. The average molecular weight is 312 g/mol. The summed E-state index contributed by atoms with van der Waals surface area (Å²) in [5, 5.41) is 0.843. The van der Waals surface area contributed by atoms with E-state index in [0.29, 0.717) is 11.6 Å². The van der Waals surface area contributed by atoms with Gasteiger partial charge in [0, 0.05) is 12.7 Å². The van der Waals surface area contributed by atoms with Gasteiger partial charge in [-0.1, -0.05) is 32.4 Å². The number of nitrogens with zero attached hydrogens (tertiary/aromatic N) is 3. The lowest BCUT2D eigenvalue weighted by atomic mass is 10.2. The largest absolute Gasteiger partial charge is 0.415 e. The molecule has 0 amide bonds. The van der Waals surface area contributed by atoms with E-state index in [-0.39, 0.29) is 5.04 Å². The SMILES string of the molecule is CC(C)(C)[Si](C)(C)OCCn1cnc2cc(Cl)cnc21. The summed E-state index contributed by atoms with van der Waals surface area (Å²) in [6.45, 7) is 12.7. The fraction of sp³-hybridized carbons (Fsp3) is 0.571. The van der Waals surface area contributed by atoms with Gasteiger partial charge in [-0.15, -0.1) is 0 Å². The van der Waals surface area contributed by atoms with E-state index in [1.165, 1.54) is 0 Å². The number of fused-ring (bicyclic) bond motifs is 1. The third kappa shape index (κ3) is 3.21. The van der Waals surface area contributed by atoms with Crippen LogP contribution in [0.2, 0.25) is 23.2 Å². The minimum absolute atomic E-state index is 0.232. The molecule has 0 bridgehead atoms. The first kappa shape index (κ1) is 15.5. The summed E-state index contributed by atoms with van der Waals surface area (Å²) in [5.41, 5.74) is 1.68. The monoisotopic (exact) mass is 311 g/mol. The molecule has 0 N–H and O–H groups in total. The van der Waals surface area contributed by atoms with Gasteiger partial charge in [0.1, 0.15) is 5.52 Å². The highest BCUT2D eigenvalue weighted by atomic mass is 35.5. The average Bonchev–Trinajstić information content (AvgIpc) is 2.70. The number of pyridine rings is 1. The summed E-state index contributed by atoms with van der Waals surface area (Å²) in [6.07, 6.45) is 3.44. The molecule has 20 heavy (non-hydrogen) atoms. The third-order valence-electron chi connectivity index (χ3n) is 4.02. The molecule has 2 aromatic heterocycles. The lowest BCUT2D eigenvalue weighted by Crippen LogP contribution is -2.41. The van der Waals surface area contributed by atoms with Crippen LogP contribution in [-0.4, -0.2) is 29.5 Å². The van der Waals surface area contributed by atoms with E-state index in [1.807, 2.05) is 10.6 Å². The molecular formula is C14H22ClN3OSi. The van der Waals surface area contributed by atoms with E-state index in [9.17, 15) is 0 Å². The van der Waals surface area contributed by atoms with Crippen LogP contribution in [0.15, 0.2) is 18.6 Å². The van der Waals surface area contributed by atoms with Crippen LogP contribution in [0, 0.1) is 0 Å². The van der Waals surface area contributed by atoms with Gasteiger partial charge >= 0.3 is 0 Å². The molecule has 0 aliphatic carbocycles. The van der Waals surface area contributed by atoms with Crippen LogP contribution in [0.4, 0.5) is 0 Å². The predicted molar refractivity (Wildman–Crippen MR) is 85.7 cm³/mol. The maximum atomic E-state index is 6.18. The molecule has 0 unspecified atom stereocenters. The highest BCUT2D eigenvalue weighted by Gasteiger charge is 2.36. The number of imidazole rings is 1. The molecule has 2 heterocycles. The van der Waals surface area contributed by atoms with Crippen LogP contribution in [0.1, 0.15) is 20.8 Å². The summed E-state index contributed by atoms with van der Waals surface area (Å²) in [7, 11) is -1.69. The van der Waals surface area contributed by atoms with Gasteiger partial charge < -0.3 is 8.99 Å². The molecule has 110 valence electrons. The Hall–Kier alpha value is -0.913. The molecule has 0 aromatic carbocycles. The molecule has 0 aliphatic heterocycles. The molecule has 0 saturated heterocycles. The summed E-state index contributed by atoms with van der Waals surface area (Å²) in [4.78, 5) is 8.64. The zero-order valence-electron chi connectivity index (χ0n) is 12.8. The first-order chi connectivity index (χ1) is 9.21. The summed E-state index contributed by atoms with van der Waals surface area (Å²) < 4.78 is 8.19. The molecule has 2 rings (SSSR count). The minimum Gasteiger partial charge on any atom is -0.415 e. The standard InChI is InChI=1S/C14H22ClN3OSi/c1-14(2,3)20(4,5)19-7-6-18-10-17-12-8-11(15)9-16-13(12)18/h8-10H,6-7H2,1-5H3. The van der Waals surface area contributed by atoms with Crippen molar-refractivity contribution in [3.63, 3.8) is 0 Å². The molecule has 0 spiro atoms. The minimum atomic E-state index is -1.69. The lowest BCUT2D eigenvalue weighted by molar-refractivity contribution is 0.273. The van der Waals surface area contributed by atoms with Gasteiger partial charge in [-0.25, -0.2) is 9.97 Å². The van der Waals surface area contributed by atoms with Gasteiger partial charge in [0.25, 0.3) is 0 Å². The Balaban J connectivity index is 2.04. The zero-order valence-corrected chi connectivity index (χ0v) is 14.5. The Bertz CT molecular complexity index is 604. The Morgan fingerprint density at radius 2 is 2.00 bits per heavy atom. The zero-order chi connectivity index (χ0) is 15.0. The van der Waals surface area contributed by atoms with Crippen LogP contribution in [0.25, 0.3) is 11.2 Å².